The first kappa shape index (κ1) is 25.4. The molecule has 0 bridgehead atoms. The number of aryl methyl sites for hydroxylation is 1. The lowest BCUT2D eigenvalue weighted by Crippen LogP contribution is -2.54. The zero-order valence-electron chi connectivity index (χ0n) is 20.8. The quantitative estimate of drug-likeness (QED) is 0.593. The number of hydrogen-bond acceptors (Lipinski definition) is 5. The minimum Gasteiger partial charge on any atom is -0.395 e. The van der Waals surface area contributed by atoms with E-state index in [-0.39, 0.29) is 30.9 Å². The Balaban J connectivity index is 1.65. The molecule has 2 saturated heterocycles. The van der Waals surface area contributed by atoms with Gasteiger partial charge < -0.3 is 19.8 Å². The Morgan fingerprint density at radius 2 is 1.81 bits per heavy atom. The Hall–Kier alpha value is -2.29. The Labute approximate surface area is 221 Å². The number of likely N-dealkylation sites (tertiary alicyclic amines) is 1. The second-order valence-corrected chi connectivity index (χ2v) is 12.4. The Bertz CT molecular complexity index is 1150. The van der Waals surface area contributed by atoms with E-state index in [1.165, 1.54) is 4.90 Å². The number of fused-ring (bicyclic) bond motifs is 2. The van der Waals surface area contributed by atoms with Crippen LogP contribution in [0.15, 0.2) is 42.5 Å². The molecule has 2 fully saturated rings. The Morgan fingerprint density at radius 3 is 2.50 bits per heavy atom. The number of para-hydroxylation sites is 1. The number of amides is 3. The van der Waals surface area contributed by atoms with Crippen LogP contribution in [-0.2, 0) is 14.4 Å². The summed E-state index contributed by atoms with van der Waals surface area (Å²) in [4.78, 5) is 47.3. The van der Waals surface area contributed by atoms with E-state index in [2.05, 4.69) is 6.08 Å². The molecule has 7 nitrogen and oxygen atoms in total. The van der Waals surface area contributed by atoms with Crippen LogP contribution in [0.4, 0.5) is 5.69 Å². The van der Waals surface area contributed by atoms with Gasteiger partial charge in [0, 0.05) is 30.9 Å². The first-order valence-corrected chi connectivity index (χ1v) is 13.7. The maximum absolute atomic E-state index is 14.4. The molecule has 0 aliphatic carbocycles. The van der Waals surface area contributed by atoms with Crippen molar-refractivity contribution >= 4 is 46.8 Å². The summed E-state index contributed by atoms with van der Waals surface area (Å²) >= 11 is 8.11. The van der Waals surface area contributed by atoms with Gasteiger partial charge in [-0.05, 0) is 31.9 Å². The maximum Gasteiger partial charge on any atom is 0.251 e. The molecule has 4 aliphatic heterocycles. The summed E-state index contributed by atoms with van der Waals surface area (Å²) in [6.07, 6.45) is 8.82. The van der Waals surface area contributed by atoms with Crippen LogP contribution in [0.1, 0.15) is 25.8 Å². The molecule has 36 heavy (non-hydrogen) atoms. The second-order valence-electron chi connectivity index (χ2n) is 10.2. The second kappa shape index (κ2) is 9.23. The number of benzene rings is 1. The van der Waals surface area contributed by atoms with E-state index in [0.717, 1.165) is 12.0 Å². The van der Waals surface area contributed by atoms with Crippen LogP contribution in [0.5, 0.6) is 0 Å². The number of aliphatic hydroxyl groups is 1. The van der Waals surface area contributed by atoms with Crippen LogP contribution in [-0.4, -0.2) is 80.9 Å². The molecular weight excluding hydrogens is 498 g/mol. The average molecular weight is 530 g/mol. The van der Waals surface area contributed by atoms with Gasteiger partial charge in [-0.15, -0.1) is 11.8 Å². The molecule has 0 radical (unpaired) electrons. The van der Waals surface area contributed by atoms with Gasteiger partial charge in [-0.2, -0.15) is 0 Å². The standard InChI is InChI=1S/C27H32ClN3O4S/c1-4-12-29-13-6-10-26(3)19(23(29)33)20-24(34)31(15-16-32)22-25(35)30(14-7-11-27(20,22)36-26)21-17(2)8-5-9-18(21)28/h5-11,19-20,22,32H,4,12-16H2,1-3H3/t19-,20-,22?,26+,27-/m0/s1. The first-order chi connectivity index (χ1) is 17.2. The maximum atomic E-state index is 14.4. The highest BCUT2D eigenvalue weighted by atomic mass is 35.5. The fourth-order valence-electron chi connectivity index (χ4n) is 6.56. The SMILES string of the molecule is CCCN1CC=C[C@@]2(C)S[C@]34C=CCN(c5c(C)cccc5Cl)C(=O)C3N(CCO)C(=O)[C@@H]4[C@H]2C1=O. The van der Waals surface area contributed by atoms with Crippen molar-refractivity contribution < 1.29 is 19.5 Å². The summed E-state index contributed by atoms with van der Waals surface area (Å²) in [6.45, 7) is 7.16. The van der Waals surface area contributed by atoms with Crippen molar-refractivity contribution in [2.24, 2.45) is 11.8 Å². The number of aliphatic hydroxyl groups excluding tert-OH is 1. The third-order valence-corrected chi connectivity index (χ3v) is 10.0. The zero-order chi connectivity index (χ0) is 25.8. The van der Waals surface area contributed by atoms with E-state index in [0.29, 0.717) is 30.3 Å². The molecule has 192 valence electrons. The van der Waals surface area contributed by atoms with Crippen molar-refractivity contribution in [2.45, 2.75) is 42.7 Å². The Kier molecular flexibility index (Phi) is 6.50. The van der Waals surface area contributed by atoms with Crippen molar-refractivity contribution in [1.82, 2.24) is 9.80 Å². The molecule has 9 heteroatoms. The lowest BCUT2D eigenvalue weighted by molar-refractivity contribution is -0.143. The third kappa shape index (κ3) is 3.56. The van der Waals surface area contributed by atoms with Crippen LogP contribution in [0.25, 0.3) is 0 Å². The minimum absolute atomic E-state index is 0.0311. The Morgan fingerprint density at radius 1 is 1.06 bits per heavy atom. The highest BCUT2D eigenvalue weighted by Crippen LogP contribution is 2.65. The van der Waals surface area contributed by atoms with E-state index in [1.807, 2.05) is 56.0 Å². The fourth-order valence-corrected chi connectivity index (χ4v) is 9.04. The molecule has 5 atom stereocenters. The zero-order valence-corrected chi connectivity index (χ0v) is 22.4. The average Bonchev–Trinajstić information content (AvgIpc) is 3.09. The lowest BCUT2D eigenvalue weighted by Gasteiger charge is -2.37. The third-order valence-electron chi connectivity index (χ3n) is 7.93. The molecule has 1 spiro atoms. The monoisotopic (exact) mass is 529 g/mol. The normalized spacial score (nSPS) is 33.5. The molecular formula is C27H32ClN3O4S. The summed E-state index contributed by atoms with van der Waals surface area (Å²) in [5, 5.41) is 10.3. The molecule has 4 aliphatic rings. The first-order valence-electron chi connectivity index (χ1n) is 12.5. The molecule has 1 aromatic rings. The highest BCUT2D eigenvalue weighted by molar-refractivity contribution is 8.02. The van der Waals surface area contributed by atoms with Gasteiger partial charge in [0.2, 0.25) is 11.8 Å². The predicted octanol–water partition coefficient (Wildman–Crippen LogP) is 3.04. The summed E-state index contributed by atoms with van der Waals surface area (Å²) in [5.74, 6) is -1.83. The van der Waals surface area contributed by atoms with Crippen LogP contribution in [0.3, 0.4) is 0 Å². The largest absolute Gasteiger partial charge is 0.395 e. The van der Waals surface area contributed by atoms with Crippen molar-refractivity contribution in [3.05, 3.63) is 53.1 Å². The van der Waals surface area contributed by atoms with Gasteiger partial charge in [-0.25, -0.2) is 0 Å². The van der Waals surface area contributed by atoms with Crippen LogP contribution >= 0.6 is 23.4 Å². The molecule has 1 N–H and O–H groups in total. The topological polar surface area (TPSA) is 81.2 Å². The lowest BCUT2D eigenvalue weighted by atomic mass is 9.74. The number of carbonyl (C=O) groups is 3. The molecule has 0 saturated carbocycles. The van der Waals surface area contributed by atoms with Crippen LogP contribution in [0.2, 0.25) is 5.02 Å². The fraction of sp³-hybridized carbons (Fsp3) is 0.519. The van der Waals surface area contributed by atoms with Crippen LogP contribution < -0.4 is 4.90 Å². The summed E-state index contributed by atoms with van der Waals surface area (Å²) in [6, 6.07) is 4.65. The number of nitrogens with zero attached hydrogens (tertiary/aromatic N) is 3. The number of β-amino-alcohol motifs (C(OH)–C–C–N with tert-alkyl or cyclic N) is 1. The van der Waals surface area contributed by atoms with Crippen LogP contribution in [0, 0.1) is 18.8 Å². The summed E-state index contributed by atoms with van der Waals surface area (Å²) in [7, 11) is 0. The highest BCUT2D eigenvalue weighted by Gasteiger charge is 2.73. The van der Waals surface area contributed by atoms with Gasteiger partial charge in [0.05, 0.1) is 33.9 Å². The van der Waals surface area contributed by atoms with E-state index < -0.39 is 27.4 Å². The smallest absolute Gasteiger partial charge is 0.251 e. The van der Waals surface area contributed by atoms with E-state index >= 15 is 0 Å². The van der Waals surface area contributed by atoms with Gasteiger partial charge >= 0.3 is 0 Å². The van der Waals surface area contributed by atoms with Gasteiger partial charge in [0.25, 0.3) is 5.91 Å². The number of thioether (sulfide) groups is 1. The number of hydrogen-bond donors (Lipinski definition) is 1. The predicted molar refractivity (Wildman–Crippen MR) is 142 cm³/mol. The molecule has 4 heterocycles. The number of anilines is 1. The van der Waals surface area contributed by atoms with Gasteiger partial charge in [-0.1, -0.05) is 55.0 Å². The van der Waals surface area contributed by atoms with E-state index in [1.54, 1.807) is 22.7 Å². The molecule has 5 rings (SSSR count). The number of halogens is 1. The van der Waals surface area contributed by atoms with Gasteiger partial charge in [0.1, 0.15) is 6.04 Å². The van der Waals surface area contributed by atoms with E-state index in [4.69, 9.17) is 11.6 Å². The van der Waals surface area contributed by atoms with Gasteiger partial charge in [0.15, 0.2) is 0 Å². The molecule has 1 unspecified atom stereocenters. The van der Waals surface area contributed by atoms with E-state index in [9.17, 15) is 19.5 Å². The minimum atomic E-state index is -0.929. The molecule has 0 aromatic heterocycles. The molecule has 3 amide bonds. The molecule has 1 aromatic carbocycles. The van der Waals surface area contributed by atoms with Crippen molar-refractivity contribution in [3.63, 3.8) is 0 Å². The summed E-state index contributed by atoms with van der Waals surface area (Å²) < 4.78 is -1.56. The number of rotatable bonds is 5. The van der Waals surface area contributed by atoms with Crippen molar-refractivity contribution in [3.8, 4) is 0 Å². The van der Waals surface area contributed by atoms with Gasteiger partial charge in [-0.3, -0.25) is 14.4 Å². The van der Waals surface area contributed by atoms with Crippen molar-refractivity contribution in [2.75, 3.05) is 37.7 Å². The number of carbonyl (C=O) groups excluding carboxylic acids is 3. The summed E-state index contributed by atoms with van der Waals surface area (Å²) in [5.41, 5.74) is 1.48. The van der Waals surface area contributed by atoms with Crippen molar-refractivity contribution in [1.29, 1.82) is 0 Å².